The molecule has 0 bridgehead atoms. The van der Waals surface area contributed by atoms with Crippen molar-refractivity contribution in [1.82, 2.24) is 4.98 Å². The summed E-state index contributed by atoms with van der Waals surface area (Å²) in [7, 11) is 1.31. The van der Waals surface area contributed by atoms with Crippen LogP contribution in [0.2, 0.25) is 0 Å². The van der Waals surface area contributed by atoms with Crippen LogP contribution in [0, 0.1) is 0 Å². The second kappa shape index (κ2) is 8.79. The molecule has 27 heavy (non-hydrogen) atoms. The van der Waals surface area contributed by atoms with E-state index < -0.39 is 5.97 Å². The average molecular weight is 402 g/mol. The van der Waals surface area contributed by atoms with Crippen molar-refractivity contribution in [3.63, 3.8) is 0 Å². The molecule has 1 aromatic carbocycles. The summed E-state index contributed by atoms with van der Waals surface area (Å²) in [5, 5.41) is 7.13. The van der Waals surface area contributed by atoms with E-state index in [0.29, 0.717) is 22.9 Å². The van der Waals surface area contributed by atoms with Gasteiger partial charge in [-0.05, 0) is 30.5 Å². The number of amides is 1. The number of nitrogens with zero attached hydrogens (tertiary/aromatic N) is 1. The molecule has 1 amide bonds. The first-order valence-electron chi connectivity index (χ1n) is 8.24. The molecule has 0 aliphatic heterocycles. The number of nitrogens with one attached hydrogen (secondary N) is 1. The lowest BCUT2D eigenvalue weighted by Gasteiger charge is -2.07. The molecule has 0 saturated carbocycles. The third-order valence-electron chi connectivity index (χ3n) is 3.62. The maximum atomic E-state index is 12.3. The number of benzene rings is 1. The second-order valence-electron chi connectivity index (χ2n) is 5.45. The number of aromatic nitrogens is 1. The minimum atomic E-state index is -0.469. The first-order valence-corrected chi connectivity index (χ1v) is 10.0. The van der Waals surface area contributed by atoms with Crippen molar-refractivity contribution < 1.29 is 19.1 Å². The number of carbonyl (C=O) groups excluding carboxylic acids is 2. The van der Waals surface area contributed by atoms with E-state index in [0.717, 1.165) is 16.3 Å². The van der Waals surface area contributed by atoms with Crippen LogP contribution in [0.15, 0.2) is 41.1 Å². The SMILES string of the molecule is CCOc1ccccc1-c1nc(CC(=O)Nc2ccsc2C(=O)OC)cs1. The van der Waals surface area contributed by atoms with Crippen LogP contribution < -0.4 is 10.1 Å². The number of thiophene rings is 1. The molecular formula is C19H18N2O4S2. The highest BCUT2D eigenvalue weighted by Crippen LogP contribution is 2.32. The van der Waals surface area contributed by atoms with Gasteiger partial charge >= 0.3 is 5.97 Å². The zero-order chi connectivity index (χ0) is 19.2. The normalized spacial score (nSPS) is 10.4. The molecule has 0 aliphatic carbocycles. The molecule has 0 atom stereocenters. The summed E-state index contributed by atoms with van der Waals surface area (Å²) in [5.41, 5.74) is 2.02. The molecule has 3 aromatic rings. The van der Waals surface area contributed by atoms with E-state index in [1.165, 1.54) is 29.8 Å². The number of hydrogen-bond acceptors (Lipinski definition) is 7. The summed E-state index contributed by atoms with van der Waals surface area (Å²) in [6.07, 6.45) is 0.115. The van der Waals surface area contributed by atoms with Gasteiger partial charge in [-0.3, -0.25) is 4.79 Å². The monoisotopic (exact) mass is 402 g/mol. The largest absolute Gasteiger partial charge is 0.493 e. The number of ether oxygens (including phenoxy) is 2. The van der Waals surface area contributed by atoms with Crippen LogP contribution >= 0.6 is 22.7 Å². The van der Waals surface area contributed by atoms with Crippen LogP contribution in [0.5, 0.6) is 5.75 Å². The molecule has 0 spiro atoms. The lowest BCUT2D eigenvalue weighted by molar-refractivity contribution is -0.115. The van der Waals surface area contributed by atoms with Crippen molar-refractivity contribution in [2.45, 2.75) is 13.3 Å². The summed E-state index contributed by atoms with van der Waals surface area (Å²) < 4.78 is 10.4. The highest BCUT2D eigenvalue weighted by molar-refractivity contribution is 7.13. The molecule has 0 fully saturated rings. The highest BCUT2D eigenvalue weighted by atomic mass is 32.1. The first-order chi connectivity index (χ1) is 13.1. The van der Waals surface area contributed by atoms with Crippen molar-refractivity contribution in [3.05, 3.63) is 51.7 Å². The van der Waals surface area contributed by atoms with Gasteiger partial charge in [0.05, 0.1) is 37.1 Å². The van der Waals surface area contributed by atoms with Gasteiger partial charge in [0.2, 0.25) is 5.91 Å². The van der Waals surface area contributed by atoms with Gasteiger partial charge in [0.15, 0.2) is 0 Å². The zero-order valence-corrected chi connectivity index (χ0v) is 16.5. The van der Waals surface area contributed by atoms with Crippen molar-refractivity contribution in [3.8, 4) is 16.3 Å². The Morgan fingerprint density at radius 2 is 2.00 bits per heavy atom. The van der Waals surface area contributed by atoms with E-state index in [-0.39, 0.29) is 12.3 Å². The molecule has 3 rings (SSSR count). The smallest absolute Gasteiger partial charge is 0.350 e. The molecule has 1 N–H and O–H groups in total. The first kappa shape index (κ1) is 19.1. The van der Waals surface area contributed by atoms with E-state index >= 15 is 0 Å². The van der Waals surface area contributed by atoms with Crippen LogP contribution in [-0.4, -0.2) is 30.6 Å². The van der Waals surface area contributed by atoms with Gasteiger partial charge < -0.3 is 14.8 Å². The van der Waals surface area contributed by atoms with Gasteiger partial charge in [-0.1, -0.05) is 12.1 Å². The number of carbonyl (C=O) groups is 2. The lowest BCUT2D eigenvalue weighted by atomic mass is 10.2. The summed E-state index contributed by atoms with van der Waals surface area (Å²) in [6.45, 7) is 2.50. The number of methoxy groups -OCH3 is 1. The number of thiazole rings is 1. The second-order valence-corrected chi connectivity index (χ2v) is 7.23. The molecule has 2 heterocycles. The Bertz CT molecular complexity index is 949. The summed E-state index contributed by atoms with van der Waals surface area (Å²) in [6, 6.07) is 9.37. The Labute approximate surface area is 164 Å². The molecule has 0 unspecified atom stereocenters. The Hall–Kier alpha value is -2.71. The van der Waals surface area contributed by atoms with E-state index in [1.807, 2.05) is 36.6 Å². The molecule has 6 nitrogen and oxygen atoms in total. The fraction of sp³-hybridized carbons (Fsp3) is 0.211. The average Bonchev–Trinajstić information content (AvgIpc) is 3.31. The molecule has 140 valence electrons. The fourth-order valence-corrected chi connectivity index (χ4v) is 4.07. The lowest BCUT2D eigenvalue weighted by Crippen LogP contribution is -2.16. The van der Waals surface area contributed by atoms with E-state index in [1.54, 1.807) is 11.4 Å². The molecule has 2 aromatic heterocycles. The number of para-hydroxylation sites is 1. The van der Waals surface area contributed by atoms with Gasteiger partial charge in [0.1, 0.15) is 15.6 Å². The highest BCUT2D eigenvalue weighted by Gasteiger charge is 2.17. The van der Waals surface area contributed by atoms with Gasteiger partial charge in [0.25, 0.3) is 0 Å². The minimum Gasteiger partial charge on any atom is -0.493 e. The Morgan fingerprint density at radius 3 is 2.78 bits per heavy atom. The maximum Gasteiger partial charge on any atom is 0.350 e. The quantitative estimate of drug-likeness (QED) is 0.598. The van der Waals surface area contributed by atoms with Crippen LogP contribution in [0.1, 0.15) is 22.3 Å². The van der Waals surface area contributed by atoms with Crippen LogP contribution in [0.25, 0.3) is 10.6 Å². The van der Waals surface area contributed by atoms with Gasteiger partial charge in [-0.15, -0.1) is 22.7 Å². The van der Waals surface area contributed by atoms with Gasteiger partial charge in [0, 0.05) is 5.38 Å². The van der Waals surface area contributed by atoms with Gasteiger partial charge in [-0.2, -0.15) is 0 Å². The Morgan fingerprint density at radius 1 is 1.19 bits per heavy atom. The predicted molar refractivity (Wildman–Crippen MR) is 107 cm³/mol. The molecule has 8 heteroatoms. The Balaban J connectivity index is 1.70. The van der Waals surface area contributed by atoms with E-state index in [2.05, 4.69) is 10.3 Å². The number of rotatable bonds is 7. The summed E-state index contributed by atoms with van der Waals surface area (Å²) >= 11 is 2.68. The van der Waals surface area contributed by atoms with Crippen molar-refractivity contribution in [2.75, 3.05) is 19.0 Å². The molecular weight excluding hydrogens is 384 g/mol. The van der Waals surface area contributed by atoms with Crippen LogP contribution in [0.3, 0.4) is 0 Å². The third kappa shape index (κ3) is 4.53. The summed E-state index contributed by atoms with van der Waals surface area (Å²) in [4.78, 5) is 29.0. The van der Waals surface area contributed by atoms with Crippen molar-refractivity contribution in [2.24, 2.45) is 0 Å². The van der Waals surface area contributed by atoms with Gasteiger partial charge in [-0.25, -0.2) is 9.78 Å². The van der Waals surface area contributed by atoms with E-state index in [4.69, 9.17) is 9.47 Å². The number of hydrogen-bond donors (Lipinski definition) is 1. The fourth-order valence-electron chi connectivity index (χ4n) is 2.45. The summed E-state index contributed by atoms with van der Waals surface area (Å²) in [5.74, 6) is 0.0589. The van der Waals surface area contributed by atoms with Crippen LogP contribution in [0.4, 0.5) is 5.69 Å². The van der Waals surface area contributed by atoms with E-state index in [9.17, 15) is 9.59 Å². The van der Waals surface area contributed by atoms with Crippen molar-refractivity contribution in [1.29, 1.82) is 0 Å². The zero-order valence-electron chi connectivity index (χ0n) is 14.9. The molecule has 0 radical (unpaired) electrons. The maximum absolute atomic E-state index is 12.3. The standard InChI is InChI=1S/C19H18N2O4S2/c1-3-25-15-7-5-4-6-13(15)18-20-12(11-27-18)10-16(22)21-14-8-9-26-17(14)19(23)24-2/h4-9,11H,3,10H2,1-2H3,(H,21,22). The van der Waals surface area contributed by atoms with Crippen LogP contribution in [-0.2, 0) is 16.0 Å². The van der Waals surface area contributed by atoms with Crippen molar-refractivity contribution >= 4 is 40.2 Å². The topological polar surface area (TPSA) is 77.5 Å². The number of esters is 1. The minimum absolute atomic E-state index is 0.115. The predicted octanol–water partition coefficient (Wildman–Crippen LogP) is 4.24. The third-order valence-corrected chi connectivity index (χ3v) is 5.44. The number of anilines is 1. The Kier molecular flexibility index (Phi) is 6.20. The molecule has 0 saturated heterocycles. The molecule has 0 aliphatic rings.